The zero-order valence-corrected chi connectivity index (χ0v) is 21.8. The van der Waals surface area contributed by atoms with E-state index in [4.69, 9.17) is 9.47 Å². The first-order valence-corrected chi connectivity index (χ1v) is 12.5. The highest BCUT2D eigenvalue weighted by atomic mass is 79.9. The first-order valence-electron chi connectivity index (χ1n) is 11.7. The molecule has 2 saturated heterocycles. The molecule has 0 unspecified atom stereocenters. The number of cyclic esters (lactones) is 2. The number of halogens is 3. The fourth-order valence-corrected chi connectivity index (χ4v) is 4.28. The van der Waals surface area contributed by atoms with Crippen LogP contribution >= 0.6 is 15.9 Å². The molecule has 4 heterocycles. The fraction of sp³-hybridized carbons (Fsp3) is 0.250. The third-order valence-electron chi connectivity index (χ3n) is 5.81. The standard InChI is InChI=1S/C12H10BrFN4O2.C12H11FN4O2/c13-10-2-1-8(5-11(10)14)18-7-9(20-12(18)19)6-17-4-3-15-16-17;13-9-2-1-3-10(6-9)17-8-11(19-12(17)18)7-16-5-4-14-15-16/h1-5,9H,6-7H2;1-6,11H,7-8H2/t9-;11-/m00/s1. The third kappa shape index (κ3) is 6.37. The summed E-state index contributed by atoms with van der Waals surface area (Å²) in [6, 6.07) is 10.4. The second-order valence-corrected chi connectivity index (χ2v) is 9.42. The van der Waals surface area contributed by atoms with Gasteiger partial charge < -0.3 is 9.47 Å². The first kappa shape index (κ1) is 26.2. The number of rotatable bonds is 6. The maximum atomic E-state index is 13.5. The van der Waals surface area contributed by atoms with Crippen molar-refractivity contribution in [2.24, 2.45) is 0 Å². The summed E-state index contributed by atoms with van der Waals surface area (Å²) in [5.41, 5.74) is 0.961. The fourth-order valence-electron chi connectivity index (χ4n) is 4.03. The summed E-state index contributed by atoms with van der Waals surface area (Å²) in [7, 11) is 0. The molecule has 15 heteroatoms. The lowest BCUT2D eigenvalue weighted by molar-refractivity contribution is 0.128. The van der Waals surface area contributed by atoms with Crippen LogP contribution in [0.4, 0.5) is 29.7 Å². The molecule has 4 aromatic rings. The molecule has 202 valence electrons. The van der Waals surface area contributed by atoms with E-state index in [2.05, 4.69) is 36.6 Å². The summed E-state index contributed by atoms with van der Waals surface area (Å²) in [5.74, 6) is -0.806. The normalized spacial score (nSPS) is 18.5. The van der Waals surface area contributed by atoms with Crippen LogP contribution in [0.1, 0.15) is 0 Å². The van der Waals surface area contributed by atoms with Crippen molar-refractivity contribution in [3.63, 3.8) is 0 Å². The van der Waals surface area contributed by atoms with Crippen molar-refractivity contribution in [2.75, 3.05) is 22.9 Å². The van der Waals surface area contributed by atoms with Crippen LogP contribution in [0.25, 0.3) is 0 Å². The third-order valence-corrected chi connectivity index (χ3v) is 6.45. The Hall–Kier alpha value is -4.40. The van der Waals surface area contributed by atoms with Crippen molar-refractivity contribution in [3.8, 4) is 0 Å². The Labute approximate surface area is 228 Å². The maximum absolute atomic E-state index is 13.5. The van der Waals surface area contributed by atoms with Gasteiger partial charge in [-0.15, -0.1) is 10.2 Å². The number of hydrogen-bond acceptors (Lipinski definition) is 8. The molecule has 0 spiro atoms. The summed E-state index contributed by atoms with van der Waals surface area (Å²) < 4.78 is 40.6. The second-order valence-electron chi connectivity index (χ2n) is 8.56. The lowest BCUT2D eigenvalue weighted by Crippen LogP contribution is -2.26. The number of benzene rings is 2. The summed E-state index contributed by atoms with van der Waals surface area (Å²) in [6.45, 7) is 1.56. The molecule has 0 N–H and O–H groups in total. The molecule has 2 aromatic carbocycles. The van der Waals surface area contributed by atoms with Gasteiger partial charge in [-0.1, -0.05) is 16.5 Å². The minimum atomic E-state index is -0.489. The second kappa shape index (κ2) is 11.6. The van der Waals surface area contributed by atoms with E-state index in [1.807, 2.05) is 0 Å². The van der Waals surface area contributed by atoms with Gasteiger partial charge in [0.2, 0.25) is 0 Å². The topological polar surface area (TPSA) is 121 Å². The molecule has 2 amide bonds. The molecule has 12 nitrogen and oxygen atoms in total. The molecule has 0 radical (unpaired) electrons. The van der Waals surface area contributed by atoms with Crippen LogP contribution in [0.3, 0.4) is 0 Å². The molecular formula is C24H21BrF2N8O4. The van der Waals surface area contributed by atoms with Gasteiger partial charge in [0.25, 0.3) is 0 Å². The molecule has 2 atom stereocenters. The van der Waals surface area contributed by atoms with Crippen LogP contribution in [0.5, 0.6) is 0 Å². The van der Waals surface area contributed by atoms with Gasteiger partial charge in [-0.25, -0.2) is 27.7 Å². The Morgan fingerprint density at radius 3 is 1.87 bits per heavy atom. The number of anilines is 2. The maximum Gasteiger partial charge on any atom is 0.414 e. The zero-order valence-electron chi connectivity index (χ0n) is 20.2. The molecule has 39 heavy (non-hydrogen) atoms. The van der Waals surface area contributed by atoms with Gasteiger partial charge in [-0.3, -0.25) is 9.80 Å². The quantitative estimate of drug-likeness (QED) is 0.328. The molecule has 2 aromatic heterocycles. The van der Waals surface area contributed by atoms with E-state index in [9.17, 15) is 18.4 Å². The smallest absolute Gasteiger partial charge is 0.414 e. The first-order chi connectivity index (χ1) is 18.9. The molecule has 2 fully saturated rings. The van der Waals surface area contributed by atoms with E-state index in [-0.39, 0.29) is 18.0 Å². The molecule has 0 bridgehead atoms. The van der Waals surface area contributed by atoms with Gasteiger partial charge in [0, 0.05) is 12.4 Å². The highest BCUT2D eigenvalue weighted by Crippen LogP contribution is 2.26. The Kier molecular flexibility index (Phi) is 7.76. The van der Waals surface area contributed by atoms with Gasteiger partial charge in [-0.2, -0.15) is 0 Å². The average molecular weight is 603 g/mol. The van der Waals surface area contributed by atoms with Crippen molar-refractivity contribution < 1.29 is 27.8 Å². The zero-order chi connectivity index (χ0) is 27.4. The number of amides is 2. The molecule has 0 saturated carbocycles. The van der Waals surface area contributed by atoms with Gasteiger partial charge in [0.1, 0.15) is 23.8 Å². The Morgan fingerprint density at radius 2 is 1.38 bits per heavy atom. The largest absolute Gasteiger partial charge is 0.442 e. The monoisotopic (exact) mass is 602 g/mol. The Morgan fingerprint density at radius 1 is 0.821 bits per heavy atom. The van der Waals surface area contributed by atoms with E-state index < -0.39 is 18.0 Å². The van der Waals surface area contributed by atoms with Crippen LogP contribution in [-0.4, -0.2) is 67.5 Å². The summed E-state index contributed by atoms with van der Waals surface area (Å²) >= 11 is 3.08. The summed E-state index contributed by atoms with van der Waals surface area (Å²) in [5, 5.41) is 15.0. The van der Waals surface area contributed by atoms with Gasteiger partial charge in [0.15, 0.2) is 0 Å². The highest BCUT2D eigenvalue weighted by molar-refractivity contribution is 9.10. The van der Waals surface area contributed by atoms with Gasteiger partial charge in [0.05, 0.1) is 54.4 Å². The van der Waals surface area contributed by atoms with Crippen molar-refractivity contribution in [1.82, 2.24) is 30.0 Å². The number of carbonyl (C=O) groups is 2. The van der Waals surface area contributed by atoms with Crippen molar-refractivity contribution in [2.45, 2.75) is 25.3 Å². The lowest BCUT2D eigenvalue weighted by Gasteiger charge is -2.13. The van der Waals surface area contributed by atoms with Gasteiger partial charge >= 0.3 is 12.2 Å². The number of ether oxygens (including phenoxy) is 2. The highest BCUT2D eigenvalue weighted by Gasteiger charge is 2.34. The van der Waals surface area contributed by atoms with E-state index >= 15 is 0 Å². The Balaban J connectivity index is 0.000000158. The van der Waals surface area contributed by atoms with E-state index in [0.717, 1.165) is 0 Å². The number of hydrogen-bond donors (Lipinski definition) is 0. The van der Waals surface area contributed by atoms with E-state index in [0.29, 0.717) is 42.0 Å². The molecule has 2 aliphatic heterocycles. The van der Waals surface area contributed by atoms with E-state index in [1.54, 1.807) is 58.4 Å². The van der Waals surface area contributed by atoms with Crippen molar-refractivity contribution >= 4 is 39.5 Å². The molecule has 6 rings (SSSR count). The summed E-state index contributed by atoms with van der Waals surface area (Å²) in [6.07, 6.45) is 4.87. The number of nitrogens with zero attached hydrogens (tertiary/aromatic N) is 8. The molecule has 0 aliphatic carbocycles. The van der Waals surface area contributed by atoms with Crippen LogP contribution in [0.2, 0.25) is 0 Å². The predicted molar refractivity (Wildman–Crippen MR) is 136 cm³/mol. The van der Waals surface area contributed by atoms with Crippen LogP contribution < -0.4 is 9.80 Å². The van der Waals surface area contributed by atoms with Crippen LogP contribution in [0, 0.1) is 11.6 Å². The molecule has 2 aliphatic rings. The predicted octanol–water partition coefficient (Wildman–Crippen LogP) is 3.65. The SMILES string of the molecule is O=C1O[C@@H](Cn2ccnn2)CN1c1ccc(Br)c(F)c1.O=C1O[C@@H](Cn2ccnn2)CN1c1cccc(F)c1. The minimum absolute atomic E-state index is 0.322. The number of aromatic nitrogens is 6. The van der Waals surface area contributed by atoms with E-state index in [1.165, 1.54) is 28.0 Å². The minimum Gasteiger partial charge on any atom is -0.442 e. The van der Waals surface area contributed by atoms with Crippen LogP contribution in [-0.2, 0) is 22.6 Å². The Bertz CT molecular complexity index is 1440. The van der Waals surface area contributed by atoms with Gasteiger partial charge in [-0.05, 0) is 52.3 Å². The van der Waals surface area contributed by atoms with Crippen LogP contribution in [0.15, 0.2) is 71.7 Å². The van der Waals surface area contributed by atoms with Crippen molar-refractivity contribution in [3.05, 3.63) is 83.4 Å². The number of carbonyl (C=O) groups excluding carboxylic acids is 2. The average Bonchev–Trinajstić information content (AvgIpc) is 3.72. The molecular weight excluding hydrogens is 582 g/mol. The summed E-state index contributed by atoms with van der Waals surface area (Å²) in [4.78, 5) is 26.4. The van der Waals surface area contributed by atoms with Crippen molar-refractivity contribution in [1.29, 1.82) is 0 Å². The lowest BCUT2D eigenvalue weighted by atomic mass is 10.2.